The molecule has 0 radical (unpaired) electrons. The van der Waals surface area contributed by atoms with Gasteiger partial charge in [-0.15, -0.1) is 0 Å². The van der Waals surface area contributed by atoms with Crippen LogP contribution in [-0.4, -0.2) is 0 Å². The third-order valence-corrected chi connectivity index (χ3v) is 6.05. The Balaban J connectivity index is 1.77. The predicted molar refractivity (Wildman–Crippen MR) is 114 cm³/mol. The van der Waals surface area contributed by atoms with Crippen LogP contribution in [0.2, 0.25) is 0 Å². The summed E-state index contributed by atoms with van der Waals surface area (Å²) in [4.78, 5) is 0. The van der Waals surface area contributed by atoms with Gasteiger partial charge in [0.05, 0.1) is 0 Å². The van der Waals surface area contributed by atoms with E-state index < -0.39 is 0 Å². The van der Waals surface area contributed by atoms with E-state index in [0.29, 0.717) is 0 Å². The van der Waals surface area contributed by atoms with Crippen molar-refractivity contribution in [1.29, 1.82) is 0 Å². The van der Waals surface area contributed by atoms with Gasteiger partial charge in [0, 0.05) is 5.41 Å². The van der Waals surface area contributed by atoms with Crippen molar-refractivity contribution in [3.8, 4) is 22.3 Å². The second kappa shape index (κ2) is 5.96. The molecule has 1 aliphatic carbocycles. The summed E-state index contributed by atoms with van der Waals surface area (Å²) in [5.74, 6) is 0. The van der Waals surface area contributed by atoms with Gasteiger partial charge in [0.1, 0.15) is 0 Å². The highest BCUT2D eigenvalue weighted by Gasteiger charge is 2.40. The monoisotopic (exact) mass is 346 g/mol. The van der Waals surface area contributed by atoms with Crippen molar-refractivity contribution in [1.82, 2.24) is 0 Å². The van der Waals surface area contributed by atoms with Gasteiger partial charge in [-0.2, -0.15) is 0 Å². The zero-order valence-electron chi connectivity index (χ0n) is 15.7. The van der Waals surface area contributed by atoms with E-state index in [1.807, 2.05) is 0 Å². The first-order valence-corrected chi connectivity index (χ1v) is 9.55. The van der Waals surface area contributed by atoms with E-state index in [1.165, 1.54) is 44.5 Å². The Hall–Kier alpha value is -3.12. The van der Waals surface area contributed by atoms with Crippen LogP contribution >= 0.6 is 0 Å². The lowest BCUT2D eigenvalue weighted by Crippen LogP contribution is -2.22. The molecule has 0 aliphatic heterocycles. The average molecular weight is 346 g/mol. The molecule has 27 heavy (non-hydrogen) atoms. The molecular weight excluding hydrogens is 324 g/mol. The fourth-order valence-corrected chi connectivity index (χ4v) is 4.50. The van der Waals surface area contributed by atoms with Gasteiger partial charge in [0.2, 0.25) is 0 Å². The van der Waals surface area contributed by atoms with Gasteiger partial charge in [0.25, 0.3) is 0 Å². The topological polar surface area (TPSA) is 0 Å². The maximum Gasteiger partial charge on any atom is 0.0435 e. The molecule has 5 rings (SSSR count). The summed E-state index contributed by atoms with van der Waals surface area (Å²) < 4.78 is 0. The average Bonchev–Trinajstić information content (AvgIpc) is 2.99. The van der Waals surface area contributed by atoms with Crippen molar-refractivity contribution in [2.75, 3.05) is 0 Å². The van der Waals surface area contributed by atoms with Crippen molar-refractivity contribution in [3.63, 3.8) is 0 Å². The number of hydrogen-bond acceptors (Lipinski definition) is 0. The van der Waals surface area contributed by atoms with Gasteiger partial charge in [-0.1, -0.05) is 96.6 Å². The van der Waals surface area contributed by atoms with Gasteiger partial charge >= 0.3 is 0 Å². The normalized spacial score (nSPS) is 17.4. The molecule has 0 saturated carbocycles. The van der Waals surface area contributed by atoms with E-state index in [4.69, 9.17) is 0 Å². The minimum Gasteiger partial charge on any atom is -0.0622 e. The summed E-state index contributed by atoms with van der Waals surface area (Å²) in [6, 6.07) is 35.5. The molecule has 130 valence electrons. The zero-order chi connectivity index (χ0) is 18.4. The minimum absolute atomic E-state index is 0.131. The van der Waals surface area contributed by atoms with Crippen molar-refractivity contribution < 1.29 is 0 Å². The molecule has 0 aromatic heterocycles. The molecular formula is C27H22. The first kappa shape index (κ1) is 16.1. The van der Waals surface area contributed by atoms with E-state index in [9.17, 15) is 0 Å². The van der Waals surface area contributed by atoms with Crippen molar-refractivity contribution >= 4 is 0 Å². The molecule has 0 saturated heterocycles. The molecule has 0 amide bonds. The molecule has 0 spiro atoms. The standard InChI is InChI=1S/C27H22/c1-19-12-14-20(15-13-19)21-16-17-24-23-10-6-7-11-25(23)27(2,26(24)18-21)22-8-4-3-5-9-22/h3-18H,1-2H3. The SMILES string of the molecule is Cc1ccc(-c2ccc3c(c2)C(C)(c2ccccc2)c2ccccc2-3)cc1. The number of aryl methyl sites for hydroxylation is 1. The lowest BCUT2D eigenvalue weighted by molar-refractivity contribution is 0.714. The summed E-state index contributed by atoms with van der Waals surface area (Å²) in [6.07, 6.45) is 0. The van der Waals surface area contributed by atoms with Crippen molar-refractivity contribution in [2.45, 2.75) is 19.3 Å². The van der Waals surface area contributed by atoms with Crippen LogP contribution in [0.25, 0.3) is 22.3 Å². The van der Waals surface area contributed by atoms with E-state index in [-0.39, 0.29) is 5.41 Å². The fraction of sp³-hybridized carbons (Fsp3) is 0.111. The first-order chi connectivity index (χ1) is 13.2. The zero-order valence-corrected chi connectivity index (χ0v) is 15.7. The highest BCUT2D eigenvalue weighted by Crippen LogP contribution is 2.52. The highest BCUT2D eigenvalue weighted by atomic mass is 14.4. The Bertz CT molecular complexity index is 1120. The highest BCUT2D eigenvalue weighted by molar-refractivity contribution is 5.85. The number of benzene rings is 4. The smallest absolute Gasteiger partial charge is 0.0435 e. The van der Waals surface area contributed by atoms with E-state index >= 15 is 0 Å². The van der Waals surface area contributed by atoms with E-state index in [0.717, 1.165) is 0 Å². The molecule has 0 nitrogen and oxygen atoms in total. The summed E-state index contributed by atoms with van der Waals surface area (Å²) >= 11 is 0. The lowest BCUT2D eigenvalue weighted by Gasteiger charge is -2.28. The van der Waals surface area contributed by atoms with Crippen LogP contribution in [-0.2, 0) is 5.41 Å². The van der Waals surface area contributed by atoms with Crippen LogP contribution in [0.4, 0.5) is 0 Å². The van der Waals surface area contributed by atoms with Crippen LogP contribution in [0.15, 0.2) is 97.1 Å². The summed E-state index contributed by atoms with van der Waals surface area (Å²) in [5.41, 5.74) is 10.6. The van der Waals surface area contributed by atoms with Gasteiger partial charge in [-0.05, 0) is 58.9 Å². The quantitative estimate of drug-likeness (QED) is 0.367. The van der Waals surface area contributed by atoms with Gasteiger partial charge < -0.3 is 0 Å². The van der Waals surface area contributed by atoms with Crippen LogP contribution in [0, 0.1) is 6.92 Å². The molecule has 0 heteroatoms. The number of hydrogen-bond donors (Lipinski definition) is 0. The largest absolute Gasteiger partial charge is 0.0622 e. The second-order valence-corrected chi connectivity index (χ2v) is 7.66. The van der Waals surface area contributed by atoms with Crippen LogP contribution < -0.4 is 0 Å². The van der Waals surface area contributed by atoms with Crippen LogP contribution in [0.5, 0.6) is 0 Å². The van der Waals surface area contributed by atoms with E-state index in [1.54, 1.807) is 0 Å². The third-order valence-electron chi connectivity index (χ3n) is 6.05. The Morgan fingerprint density at radius 1 is 0.556 bits per heavy atom. The summed E-state index contributed by atoms with van der Waals surface area (Å²) in [5, 5.41) is 0. The van der Waals surface area contributed by atoms with Crippen LogP contribution in [0.3, 0.4) is 0 Å². The second-order valence-electron chi connectivity index (χ2n) is 7.66. The maximum atomic E-state index is 2.40. The van der Waals surface area contributed by atoms with Crippen molar-refractivity contribution in [3.05, 3.63) is 119 Å². The Labute approximate surface area is 161 Å². The van der Waals surface area contributed by atoms with E-state index in [2.05, 4.69) is 111 Å². The molecule has 0 heterocycles. The Morgan fingerprint density at radius 2 is 1.19 bits per heavy atom. The minimum atomic E-state index is -0.131. The lowest BCUT2D eigenvalue weighted by atomic mass is 9.74. The number of fused-ring (bicyclic) bond motifs is 3. The molecule has 1 atom stereocenters. The first-order valence-electron chi connectivity index (χ1n) is 9.55. The molecule has 0 fully saturated rings. The van der Waals surface area contributed by atoms with Gasteiger partial charge in [-0.3, -0.25) is 0 Å². The molecule has 1 aliphatic rings. The predicted octanol–water partition coefficient (Wildman–Crippen LogP) is 7.00. The third kappa shape index (κ3) is 2.37. The molecule has 1 unspecified atom stereocenters. The van der Waals surface area contributed by atoms with Crippen LogP contribution in [0.1, 0.15) is 29.2 Å². The Morgan fingerprint density at radius 3 is 1.96 bits per heavy atom. The van der Waals surface area contributed by atoms with Crippen molar-refractivity contribution in [2.24, 2.45) is 0 Å². The summed E-state index contributed by atoms with van der Waals surface area (Å²) in [6.45, 7) is 4.50. The summed E-state index contributed by atoms with van der Waals surface area (Å²) in [7, 11) is 0. The Kier molecular flexibility index (Phi) is 3.55. The molecule has 4 aromatic rings. The maximum absolute atomic E-state index is 2.40. The molecule has 0 bridgehead atoms. The molecule has 0 N–H and O–H groups in total. The fourth-order valence-electron chi connectivity index (χ4n) is 4.50. The van der Waals surface area contributed by atoms with Gasteiger partial charge in [-0.25, -0.2) is 0 Å². The molecule has 4 aromatic carbocycles. The van der Waals surface area contributed by atoms with Gasteiger partial charge in [0.15, 0.2) is 0 Å². The number of rotatable bonds is 2.